The van der Waals surface area contributed by atoms with Crippen LogP contribution in [0, 0.1) is 13.8 Å². The molecule has 3 rings (SSSR count). The summed E-state index contributed by atoms with van der Waals surface area (Å²) in [5.41, 5.74) is 2.21. The van der Waals surface area contributed by atoms with E-state index in [4.69, 9.17) is 9.47 Å². The SMILES string of the molecule is COc1cc(C)c(S(=O)(=O)N2CCCCC2COCC(=O)NCc2cccnc2)c(C)c1. The van der Waals surface area contributed by atoms with E-state index in [0.29, 0.717) is 41.3 Å². The van der Waals surface area contributed by atoms with E-state index in [0.717, 1.165) is 18.4 Å². The van der Waals surface area contributed by atoms with Crippen molar-refractivity contribution in [3.05, 3.63) is 53.3 Å². The molecule has 0 radical (unpaired) electrons. The van der Waals surface area contributed by atoms with Crippen LogP contribution in [0.2, 0.25) is 0 Å². The van der Waals surface area contributed by atoms with Gasteiger partial charge in [0, 0.05) is 31.5 Å². The monoisotopic (exact) mass is 461 g/mol. The number of methoxy groups -OCH3 is 1. The summed E-state index contributed by atoms with van der Waals surface area (Å²) in [6.45, 7) is 4.43. The van der Waals surface area contributed by atoms with Crippen LogP contribution in [0.25, 0.3) is 0 Å². The highest BCUT2D eigenvalue weighted by atomic mass is 32.2. The Morgan fingerprint density at radius 2 is 2.00 bits per heavy atom. The number of carbonyl (C=O) groups is 1. The summed E-state index contributed by atoms with van der Waals surface area (Å²) >= 11 is 0. The second kappa shape index (κ2) is 10.9. The smallest absolute Gasteiger partial charge is 0.246 e. The van der Waals surface area contributed by atoms with Gasteiger partial charge in [0.15, 0.2) is 0 Å². The maximum absolute atomic E-state index is 13.5. The predicted molar refractivity (Wildman–Crippen MR) is 121 cm³/mol. The van der Waals surface area contributed by atoms with Gasteiger partial charge in [-0.1, -0.05) is 12.5 Å². The quantitative estimate of drug-likeness (QED) is 0.616. The number of nitrogens with zero attached hydrogens (tertiary/aromatic N) is 2. The van der Waals surface area contributed by atoms with Crippen molar-refractivity contribution in [1.82, 2.24) is 14.6 Å². The highest BCUT2D eigenvalue weighted by Gasteiger charge is 2.35. The van der Waals surface area contributed by atoms with Crippen LogP contribution in [0.5, 0.6) is 5.75 Å². The fraction of sp³-hybridized carbons (Fsp3) is 0.478. The predicted octanol–water partition coefficient (Wildman–Crippen LogP) is 2.58. The highest BCUT2D eigenvalue weighted by Crippen LogP contribution is 2.31. The van der Waals surface area contributed by atoms with Gasteiger partial charge in [-0.05, 0) is 61.6 Å². The third-order valence-corrected chi connectivity index (χ3v) is 7.82. The lowest BCUT2D eigenvalue weighted by atomic mass is 10.1. The Morgan fingerprint density at radius 3 is 2.66 bits per heavy atom. The molecule has 1 N–H and O–H groups in total. The number of amides is 1. The second-order valence-electron chi connectivity index (χ2n) is 8.01. The van der Waals surface area contributed by atoms with Gasteiger partial charge in [0.25, 0.3) is 0 Å². The Morgan fingerprint density at radius 1 is 1.25 bits per heavy atom. The molecule has 0 aliphatic carbocycles. The van der Waals surface area contributed by atoms with Crippen molar-refractivity contribution in [2.45, 2.75) is 50.6 Å². The highest BCUT2D eigenvalue weighted by molar-refractivity contribution is 7.89. The van der Waals surface area contributed by atoms with Crippen LogP contribution in [0.1, 0.15) is 36.0 Å². The maximum Gasteiger partial charge on any atom is 0.246 e. The molecule has 1 unspecified atom stereocenters. The summed E-state index contributed by atoms with van der Waals surface area (Å²) < 4.78 is 39.5. The molecule has 1 atom stereocenters. The van der Waals surface area contributed by atoms with Gasteiger partial charge < -0.3 is 14.8 Å². The Hall–Kier alpha value is -2.49. The first-order chi connectivity index (χ1) is 15.3. The van der Waals surface area contributed by atoms with Crippen molar-refractivity contribution in [1.29, 1.82) is 0 Å². The van der Waals surface area contributed by atoms with Crippen molar-refractivity contribution in [2.75, 3.05) is 26.9 Å². The first-order valence-electron chi connectivity index (χ1n) is 10.7. The van der Waals surface area contributed by atoms with Crippen molar-refractivity contribution in [2.24, 2.45) is 0 Å². The van der Waals surface area contributed by atoms with E-state index < -0.39 is 10.0 Å². The minimum absolute atomic E-state index is 0.120. The number of hydrogen-bond acceptors (Lipinski definition) is 6. The molecular formula is C23H31N3O5S. The lowest BCUT2D eigenvalue weighted by Crippen LogP contribution is -2.46. The molecule has 32 heavy (non-hydrogen) atoms. The largest absolute Gasteiger partial charge is 0.497 e. The first kappa shape index (κ1) is 24.2. The van der Waals surface area contributed by atoms with E-state index in [9.17, 15) is 13.2 Å². The molecule has 1 aliphatic heterocycles. The zero-order valence-corrected chi connectivity index (χ0v) is 19.7. The van der Waals surface area contributed by atoms with Gasteiger partial charge in [0.05, 0.1) is 18.6 Å². The van der Waals surface area contributed by atoms with Gasteiger partial charge in [-0.2, -0.15) is 4.31 Å². The minimum Gasteiger partial charge on any atom is -0.497 e. The normalized spacial score (nSPS) is 17.2. The lowest BCUT2D eigenvalue weighted by Gasteiger charge is -2.35. The number of sulfonamides is 1. The third kappa shape index (κ3) is 5.85. The van der Waals surface area contributed by atoms with E-state index in [2.05, 4.69) is 10.3 Å². The number of aryl methyl sites for hydroxylation is 2. The number of piperidine rings is 1. The van der Waals surface area contributed by atoms with Crippen LogP contribution in [0.3, 0.4) is 0 Å². The molecule has 9 heteroatoms. The summed E-state index contributed by atoms with van der Waals surface area (Å²) in [5.74, 6) is 0.385. The average molecular weight is 462 g/mol. The van der Waals surface area contributed by atoms with E-state index in [1.165, 1.54) is 4.31 Å². The molecule has 174 valence electrons. The maximum atomic E-state index is 13.5. The van der Waals surface area contributed by atoms with Crippen molar-refractivity contribution < 1.29 is 22.7 Å². The molecular weight excluding hydrogens is 430 g/mol. The van der Waals surface area contributed by atoms with Gasteiger partial charge >= 0.3 is 0 Å². The summed E-state index contributed by atoms with van der Waals surface area (Å²) in [6, 6.07) is 6.86. The number of rotatable bonds is 9. The average Bonchev–Trinajstić information content (AvgIpc) is 2.78. The lowest BCUT2D eigenvalue weighted by molar-refractivity contribution is -0.126. The number of benzene rings is 1. The van der Waals surface area contributed by atoms with Crippen LogP contribution >= 0.6 is 0 Å². The van der Waals surface area contributed by atoms with Gasteiger partial charge in [0.2, 0.25) is 15.9 Å². The topological polar surface area (TPSA) is 97.8 Å². The first-order valence-corrected chi connectivity index (χ1v) is 12.2. The van der Waals surface area contributed by atoms with Gasteiger partial charge in [-0.25, -0.2) is 8.42 Å². The molecule has 1 aromatic heterocycles. The molecule has 1 fully saturated rings. The molecule has 2 heterocycles. The molecule has 8 nitrogen and oxygen atoms in total. The standard InChI is InChI=1S/C23H31N3O5S/c1-17-11-21(30-3)12-18(2)23(17)32(28,29)26-10-5-4-8-20(26)15-31-16-22(27)25-14-19-7-6-9-24-13-19/h6-7,9,11-13,20H,4-5,8,10,14-16H2,1-3H3,(H,25,27). The van der Waals surface area contributed by atoms with Crippen LogP contribution in [0.4, 0.5) is 0 Å². The summed E-state index contributed by atoms with van der Waals surface area (Å²) in [6.07, 6.45) is 5.79. The second-order valence-corrected chi connectivity index (χ2v) is 9.84. The van der Waals surface area contributed by atoms with Gasteiger partial charge in [-0.3, -0.25) is 9.78 Å². The molecule has 2 aromatic rings. The molecule has 0 spiro atoms. The zero-order valence-electron chi connectivity index (χ0n) is 18.8. The molecule has 0 bridgehead atoms. The van der Waals surface area contributed by atoms with E-state index in [1.54, 1.807) is 45.5 Å². The van der Waals surface area contributed by atoms with Gasteiger partial charge in [0.1, 0.15) is 12.4 Å². The van der Waals surface area contributed by atoms with E-state index in [-0.39, 0.29) is 25.2 Å². The molecule has 0 saturated carbocycles. The summed E-state index contributed by atoms with van der Waals surface area (Å²) in [7, 11) is -2.14. The number of nitrogens with one attached hydrogen (secondary N) is 1. The van der Waals surface area contributed by atoms with Crippen molar-refractivity contribution in [3.63, 3.8) is 0 Å². The van der Waals surface area contributed by atoms with E-state index in [1.807, 2.05) is 12.1 Å². The van der Waals surface area contributed by atoms with Crippen LogP contribution < -0.4 is 10.1 Å². The summed E-state index contributed by atoms with van der Waals surface area (Å²) in [4.78, 5) is 16.4. The summed E-state index contributed by atoms with van der Waals surface area (Å²) in [5, 5.41) is 2.78. The molecule has 1 aromatic carbocycles. The van der Waals surface area contributed by atoms with Crippen molar-refractivity contribution in [3.8, 4) is 5.75 Å². The number of pyridine rings is 1. The number of aromatic nitrogens is 1. The van der Waals surface area contributed by atoms with E-state index >= 15 is 0 Å². The van der Waals surface area contributed by atoms with Gasteiger partial charge in [-0.15, -0.1) is 0 Å². The van der Waals surface area contributed by atoms with Crippen LogP contribution in [-0.2, 0) is 26.1 Å². The fourth-order valence-electron chi connectivity index (χ4n) is 4.05. The zero-order chi connectivity index (χ0) is 23.1. The number of hydrogen-bond donors (Lipinski definition) is 1. The Labute approximate surface area is 190 Å². The fourth-order valence-corrected chi connectivity index (χ4v) is 6.15. The molecule has 1 aliphatic rings. The van der Waals surface area contributed by atoms with Crippen molar-refractivity contribution >= 4 is 15.9 Å². The Bertz CT molecular complexity index is 1000. The number of carbonyl (C=O) groups excluding carboxylic acids is 1. The third-order valence-electron chi connectivity index (χ3n) is 5.57. The Balaban J connectivity index is 1.62. The molecule has 1 saturated heterocycles. The minimum atomic E-state index is -3.70. The van der Waals surface area contributed by atoms with Crippen LogP contribution in [-0.4, -0.2) is 56.5 Å². The van der Waals surface area contributed by atoms with Crippen LogP contribution in [0.15, 0.2) is 41.6 Å². The molecule has 1 amide bonds. The number of ether oxygens (including phenoxy) is 2. The Kier molecular flexibility index (Phi) is 8.22.